The average Bonchev–Trinajstić information content (AvgIpc) is 3.19. The molecule has 1 aliphatic rings. The van der Waals surface area contributed by atoms with Crippen molar-refractivity contribution >= 4 is 17.8 Å². The molecule has 3 aromatic rings. The minimum Gasteiger partial charge on any atom is -0.459 e. The van der Waals surface area contributed by atoms with Crippen molar-refractivity contribution in [2.75, 3.05) is 0 Å². The van der Waals surface area contributed by atoms with Crippen LogP contribution in [0.2, 0.25) is 0 Å². The lowest BCUT2D eigenvalue weighted by molar-refractivity contribution is -0.273. The molecule has 4 rings (SSSR count). The highest BCUT2D eigenvalue weighted by Crippen LogP contribution is 2.41. The van der Waals surface area contributed by atoms with E-state index in [0.29, 0.717) is 19.6 Å². The topological polar surface area (TPSA) is 112 Å². The summed E-state index contributed by atoms with van der Waals surface area (Å²) in [6.45, 7) is 12.9. The maximum absolute atomic E-state index is 13.3. The molecule has 1 saturated heterocycles. The monoisotopic (exact) mass is 756 g/mol. The maximum atomic E-state index is 13.3. The van der Waals surface area contributed by atoms with Crippen molar-refractivity contribution in [2.24, 2.45) is 11.8 Å². The number of amides is 2. The Balaban J connectivity index is 1.31. The van der Waals surface area contributed by atoms with Crippen LogP contribution < -0.4 is 10.6 Å². The third kappa shape index (κ3) is 13.9. The van der Waals surface area contributed by atoms with Crippen LogP contribution >= 0.6 is 0 Å². The molecular weight excluding hydrogens is 693 g/mol. The SMILES string of the molecule is CC[C@H]1O[C@@](C)(CCCCCCC[C@H](NC(=O)C(C)C)C(=O)N[C@@H](C)C(=O)OCc2ccccc2)[C@H](OCc2ccccc2)[C@@H](OCc2ccccc2)[C@H]1C. The Morgan fingerprint density at radius 3 is 1.80 bits per heavy atom. The van der Waals surface area contributed by atoms with Gasteiger partial charge >= 0.3 is 5.97 Å². The molecule has 9 nitrogen and oxygen atoms in total. The Morgan fingerprint density at radius 1 is 0.709 bits per heavy atom. The number of nitrogens with one attached hydrogen (secondary N) is 2. The predicted octanol–water partition coefficient (Wildman–Crippen LogP) is 8.48. The molecule has 55 heavy (non-hydrogen) atoms. The summed E-state index contributed by atoms with van der Waals surface area (Å²) in [4.78, 5) is 38.6. The summed E-state index contributed by atoms with van der Waals surface area (Å²) in [5, 5.41) is 5.65. The summed E-state index contributed by atoms with van der Waals surface area (Å²) in [6.07, 6.45) is 6.44. The van der Waals surface area contributed by atoms with Gasteiger partial charge in [0.1, 0.15) is 24.8 Å². The van der Waals surface area contributed by atoms with Crippen molar-refractivity contribution in [1.82, 2.24) is 10.6 Å². The fourth-order valence-electron chi connectivity index (χ4n) is 7.24. The highest BCUT2D eigenvalue weighted by atomic mass is 16.6. The Hall–Kier alpha value is -4.05. The van der Waals surface area contributed by atoms with Gasteiger partial charge in [-0.3, -0.25) is 9.59 Å². The molecule has 2 amide bonds. The first-order valence-corrected chi connectivity index (χ1v) is 20.3. The van der Waals surface area contributed by atoms with E-state index in [0.717, 1.165) is 61.6 Å². The van der Waals surface area contributed by atoms with E-state index in [4.69, 9.17) is 18.9 Å². The van der Waals surface area contributed by atoms with Crippen LogP contribution in [0.1, 0.15) is 110 Å². The predicted molar refractivity (Wildman–Crippen MR) is 216 cm³/mol. The van der Waals surface area contributed by atoms with Crippen LogP contribution in [-0.2, 0) is 53.2 Å². The van der Waals surface area contributed by atoms with Crippen LogP contribution in [0.25, 0.3) is 0 Å². The summed E-state index contributed by atoms with van der Waals surface area (Å²) in [7, 11) is 0. The highest BCUT2D eigenvalue weighted by molar-refractivity contribution is 5.91. The van der Waals surface area contributed by atoms with Crippen LogP contribution in [0.15, 0.2) is 91.0 Å². The van der Waals surface area contributed by atoms with Gasteiger partial charge in [-0.1, -0.05) is 151 Å². The molecule has 1 fully saturated rings. The maximum Gasteiger partial charge on any atom is 0.328 e. The smallest absolute Gasteiger partial charge is 0.328 e. The third-order valence-electron chi connectivity index (χ3n) is 10.6. The van der Waals surface area contributed by atoms with Crippen LogP contribution in [0.4, 0.5) is 0 Å². The zero-order chi connectivity index (χ0) is 39.6. The van der Waals surface area contributed by atoms with Crippen LogP contribution in [-0.4, -0.2) is 53.8 Å². The third-order valence-corrected chi connectivity index (χ3v) is 10.6. The fourth-order valence-corrected chi connectivity index (χ4v) is 7.24. The molecule has 1 aliphatic heterocycles. The molecule has 0 unspecified atom stereocenters. The van der Waals surface area contributed by atoms with E-state index in [1.54, 1.807) is 20.8 Å². The number of hydrogen-bond donors (Lipinski definition) is 2. The minimum absolute atomic E-state index is 0.0555. The van der Waals surface area contributed by atoms with Gasteiger partial charge in [0.05, 0.1) is 31.0 Å². The van der Waals surface area contributed by atoms with Gasteiger partial charge in [-0.25, -0.2) is 4.79 Å². The summed E-state index contributed by atoms with van der Waals surface area (Å²) >= 11 is 0. The van der Waals surface area contributed by atoms with Gasteiger partial charge in [-0.2, -0.15) is 0 Å². The molecule has 0 saturated carbocycles. The second kappa shape index (κ2) is 22.5. The summed E-state index contributed by atoms with van der Waals surface area (Å²) < 4.78 is 25.8. The van der Waals surface area contributed by atoms with Gasteiger partial charge < -0.3 is 29.6 Å². The van der Waals surface area contributed by atoms with E-state index < -0.39 is 23.7 Å². The van der Waals surface area contributed by atoms with E-state index in [-0.39, 0.29) is 48.6 Å². The first kappa shape index (κ1) is 43.7. The summed E-state index contributed by atoms with van der Waals surface area (Å²) in [6, 6.07) is 28.3. The van der Waals surface area contributed by atoms with Crippen molar-refractivity contribution in [2.45, 2.75) is 149 Å². The van der Waals surface area contributed by atoms with E-state index in [2.05, 4.69) is 55.7 Å². The van der Waals surface area contributed by atoms with Crippen molar-refractivity contribution in [3.63, 3.8) is 0 Å². The van der Waals surface area contributed by atoms with Gasteiger partial charge in [-0.05, 0) is 49.8 Å². The lowest BCUT2D eigenvalue weighted by atomic mass is 9.78. The molecule has 0 aliphatic carbocycles. The van der Waals surface area contributed by atoms with Gasteiger partial charge in [0.25, 0.3) is 0 Å². The zero-order valence-electron chi connectivity index (χ0n) is 33.8. The molecule has 0 radical (unpaired) electrons. The van der Waals surface area contributed by atoms with E-state index >= 15 is 0 Å². The normalized spacial score (nSPS) is 22.1. The van der Waals surface area contributed by atoms with Crippen molar-refractivity contribution in [3.8, 4) is 0 Å². The number of rotatable bonds is 22. The quantitative estimate of drug-likeness (QED) is 0.0782. The molecule has 0 spiro atoms. The van der Waals surface area contributed by atoms with Crippen molar-refractivity contribution in [3.05, 3.63) is 108 Å². The van der Waals surface area contributed by atoms with E-state index in [1.165, 1.54) is 0 Å². The Kier molecular flexibility index (Phi) is 17.9. The molecular formula is C46H64N2O7. The Bertz CT molecular complexity index is 1570. The van der Waals surface area contributed by atoms with Gasteiger partial charge in [0.15, 0.2) is 0 Å². The Labute approximate surface area is 329 Å². The van der Waals surface area contributed by atoms with E-state index in [9.17, 15) is 14.4 Å². The fraction of sp³-hybridized carbons (Fsp3) is 0.543. The van der Waals surface area contributed by atoms with Crippen LogP contribution in [0.5, 0.6) is 0 Å². The lowest BCUT2D eigenvalue weighted by Crippen LogP contribution is -2.61. The van der Waals surface area contributed by atoms with Gasteiger partial charge in [-0.15, -0.1) is 0 Å². The standard InChI is InChI=1S/C46H64N2O7/c1-7-40-34(4)41(52-30-36-22-14-11-15-23-36)42(53-31-37-24-16-12-17-25-37)46(6,55-40)29-21-10-8-9-20-28-39(48-43(49)33(2)3)44(50)47-35(5)45(51)54-32-38-26-18-13-19-27-38/h11-19,22-27,33-35,39-42H,7-10,20-21,28-32H2,1-6H3,(H,47,50)(H,48,49)/t34-,35-,39-,40+,41-,42+,46-/m0/s1. The molecule has 0 aromatic heterocycles. The first-order chi connectivity index (χ1) is 26.5. The molecule has 0 bridgehead atoms. The number of carbonyl (C=O) groups is 3. The van der Waals surface area contributed by atoms with E-state index in [1.807, 2.05) is 66.7 Å². The second-order valence-corrected chi connectivity index (χ2v) is 15.6. The summed E-state index contributed by atoms with van der Waals surface area (Å²) in [5.41, 5.74) is 2.58. The number of carbonyl (C=O) groups excluding carboxylic acids is 3. The minimum atomic E-state index is -0.850. The lowest BCUT2D eigenvalue weighted by Gasteiger charge is -2.51. The number of hydrogen-bond acceptors (Lipinski definition) is 7. The van der Waals surface area contributed by atoms with Crippen LogP contribution in [0.3, 0.4) is 0 Å². The number of esters is 1. The molecule has 3 aromatic carbocycles. The molecule has 2 N–H and O–H groups in total. The van der Waals surface area contributed by atoms with Gasteiger partial charge in [0.2, 0.25) is 11.8 Å². The van der Waals surface area contributed by atoms with Gasteiger partial charge in [0, 0.05) is 11.8 Å². The number of ether oxygens (including phenoxy) is 4. The van der Waals surface area contributed by atoms with Crippen molar-refractivity contribution in [1.29, 1.82) is 0 Å². The number of benzene rings is 3. The highest BCUT2D eigenvalue weighted by Gasteiger charge is 2.51. The second-order valence-electron chi connectivity index (χ2n) is 15.6. The van der Waals surface area contributed by atoms with Crippen LogP contribution in [0, 0.1) is 11.8 Å². The molecule has 7 atom stereocenters. The Morgan fingerprint density at radius 2 is 1.24 bits per heavy atom. The molecule has 9 heteroatoms. The largest absolute Gasteiger partial charge is 0.459 e. The number of unbranched alkanes of at least 4 members (excludes halogenated alkanes) is 4. The van der Waals surface area contributed by atoms with Crippen molar-refractivity contribution < 1.29 is 33.3 Å². The average molecular weight is 757 g/mol. The zero-order valence-corrected chi connectivity index (χ0v) is 33.8. The first-order valence-electron chi connectivity index (χ1n) is 20.3. The molecule has 1 heterocycles. The summed E-state index contributed by atoms with van der Waals surface area (Å²) in [5.74, 6) is -1.22. The molecule has 300 valence electrons.